The molecule has 0 unspecified atom stereocenters. The first kappa shape index (κ1) is 14.7. The zero-order valence-electron chi connectivity index (χ0n) is 11.6. The van der Waals surface area contributed by atoms with E-state index in [1.165, 1.54) is 0 Å². The molecule has 4 aromatic rings. The fourth-order valence-electron chi connectivity index (χ4n) is 2.80. The molecule has 2 aromatic heterocycles. The summed E-state index contributed by atoms with van der Waals surface area (Å²) < 4.78 is 82.1. The van der Waals surface area contributed by atoms with E-state index in [0.717, 1.165) is 12.1 Å². The molecule has 0 aliphatic carbocycles. The van der Waals surface area contributed by atoms with Gasteiger partial charge in [-0.3, -0.25) is 0 Å². The molecule has 2 heterocycles. The van der Waals surface area contributed by atoms with Crippen molar-refractivity contribution in [3.05, 3.63) is 59.4 Å². The van der Waals surface area contributed by atoms with Crippen molar-refractivity contribution in [2.75, 3.05) is 0 Å². The molecule has 122 valence electrons. The molecule has 2 nitrogen and oxygen atoms in total. The van der Waals surface area contributed by atoms with E-state index < -0.39 is 46.3 Å². The maximum atomic E-state index is 14.3. The highest BCUT2D eigenvalue weighted by molar-refractivity contribution is 6.05. The first-order chi connectivity index (χ1) is 11.4. The van der Waals surface area contributed by atoms with Gasteiger partial charge in [0.05, 0.1) is 11.0 Å². The number of rotatable bonds is 1. The van der Waals surface area contributed by atoms with E-state index in [2.05, 4.69) is 9.97 Å². The molecule has 0 atom stereocenters. The minimum Gasteiger partial charge on any atom is -0.331 e. The van der Waals surface area contributed by atoms with Crippen LogP contribution in [0.25, 0.3) is 32.9 Å². The minimum atomic E-state index is -1.25. The van der Waals surface area contributed by atoms with Gasteiger partial charge in [0.2, 0.25) is 0 Å². The predicted molar refractivity (Wildman–Crippen MR) is 75.3 cm³/mol. The van der Waals surface area contributed by atoms with Crippen LogP contribution in [-0.4, -0.2) is 9.97 Å². The molecule has 2 aromatic carbocycles. The maximum Gasteiger partial charge on any atom is 0.200 e. The SMILES string of the molecule is Fc1cc2[nH]c(F)c(-c3c(F)[nH]c4cc(F)c(F)cc34)c2cc1F. The van der Waals surface area contributed by atoms with Crippen molar-refractivity contribution in [3.8, 4) is 11.1 Å². The molecule has 2 N–H and O–H groups in total. The van der Waals surface area contributed by atoms with Gasteiger partial charge < -0.3 is 9.97 Å². The zero-order valence-corrected chi connectivity index (χ0v) is 11.6. The second kappa shape index (κ2) is 4.80. The summed E-state index contributed by atoms with van der Waals surface area (Å²) in [6.07, 6.45) is 0. The third kappa shape index (κ3) is 1.92. The Morgan fingerprint density at radius 1 is 0.500 bits per heavy atom. The molecule has 0 radical (unpaired) electrons. The van der Waals surface area contributed by atoms with Crippen molar-refractivity contribution in [2.45, 2.75) is 0 Å². The lowest BCUT2D eigenvalue weighted by molar-refractivity contribution is 0.510. The first-order valence-corrected chi connectivity index (χ1v) is 6.69. The zero-order chi connectivity index (χ0) is 17.2. The van der Waals surface area contributed by atoms with Crippen molar-refractivity contribution in [1.29, 1.82) is 0 Å². The Kier molecular flexibility index (Phi) is 2.93. The molecule has 0 bridgehead atoms. The highest BCUT2D eigenvalue weighted by Gasteiger charge is 2.24. The van der Waals surface area contributed by atoms with Crippen molar-refractivity contribution >= 4 is 21.8 Å². The number of aromatic nitrogens is 2. The van der Waals surface area contributed by atoms with Crippen molar-refractivity contribution in [3.63, 3.8) is 0 Å². The van der Waals surface area contributed by atoms with Crippen LogP contribution in [0.5, 0.6) is 0 Å². The molecule has 24 heavy (non-hydrogen) atoms. The second-order valence-electron chi connectivity index (χ2n) is 5.25. The normalized spacial score (nSPS) is 11.8. The third-order valence-corrected chi connectivity index (χ3v) is 3.84. The van der Waals surface area contributed by atoms with Gasteiger partial charge in [-0.1, -0.05) is 0 Å². The van der Waals surface area contributed by atoms with Crippen LogP contribution in [0, 0.1) is 35.2 Å². The standard InChI is InChI=1S/C16H6F6N2/c17-7-1-5-11(3-9(7)19)23-15(21)13(5)14-6-2-8(18)10(20)4-12(6)24-16(14)22/h1-4,23-24H. The second-order valence-corrected chi connectivity index (χ2v) is 5.25. The number of fused-ring (bicyclic) bond motifs is 2. The van der Waals surface area contributed by atoms with Gasteiger partial charge >= 0.3 is 0 Å². The Morgan fingerprint density at radius 3 is 1.21 bits per heavy atom. The third-order valence-electron chi connectivity index (χ3n) is 3.84. The summed E-state index contributed by atoms with van der Waals surface area (Å²) in [5, 5.41) is -0.258. The van der Waals surface area contributed by atoms with Crippen LogP contribution in [-0.2, 0) is 0 Å². The Morgan fingerprint density at radius 2 is 0.833 bits per heavy atom. The largest absolute Gasteiger partial charge is 0.331 e. The molecular weight excluding hydrogens is 334 g/mol. The van der Waals surface area contributed by atoms with Gasteiger partial charge in [-0.05, 0) is 12.1 Å². The van der Waals surface area contributed by atoms with E-state index in [1.54, 1.807) is 0 Å². The number of hydrogen-bond donors (Lipinski definition) is 2. The number of H-pyrrole nitrogens is 2. The molecule has 0 aliphatic rings. The molecule has 0 amide bonds. The Bertz CT molecular complexity index is 1040. The molecular formula is C16H6F6N2. The summed E-state index contributed by atoms with van der Waals surface area (Å²) in [6, 6.07) is 2.87. The fourth-order valence-corrected chi connectivity index (χ4v) is 2.80. The molecule has 4 rings (SSSR count). The number of nitrogens with one attached hydrogen (secondary N) is 2. The van der Waals surface area contributed by atoms with Gasteiger partial charge in [0.1, 0.15) is 0 Å². The van der Waals surface area contributed by atoms with Crippen LogP contribution in [0.4, 0.5) is 26.3 Å². The Balaban J connectivity index is 2.13. The van der Waals surface area contributed by atoms with Gasteiger partial charge in [0.25, 0.3) is 0 Å². The Hall–Kier alpha value is -2.90. The van der Waals surface area contributed by atoms with Crippen LogP contribution in [0.1, 0.15) is 0 Å². The highest BCUT2D eigenvalue weighted by Crippen LogP contribution is 2.39. The van der Waals surface area contributed by atoms with Gasteiger partial charge in [-0.25, -0.2) is 17.6 Å². The first-order valence-electron chi connectivity index (χ1n) is 6.69. The summed E-state index contributed by atoms with van der Waals surface area (Å²) in [4.78, 5) is 4.36. The van der Waals surface area contributed by atoms with Crippen LogP contribution >= 0.6 is 0 Å². The van der Waals surface area contributed by atoms with E-state index in [1.807, 2.05) is 0 Å². The van der Waals surface area contributed by atoms with Gasteiger partial charge in [0, 0.05) is 34.0 Å². The summed E-state index contributed by atoms with van der Waals surface area (Å²) >= 11 is 0. The lowest BCUT2D eigenvalue weighted by Crippen LogP contribution is -1.86. The lowest BCUT2D eigenvalue weighted by atomic mass is 10.0. The van der Waals surface area contributed by atoms with E-state index >= 15 is 0 Å². The highest BCUT2D eigenvalue weighted by atomic mass is 19.2. The van der Waals surface area contributed by atoms with Gasteiger partial charge in [-0.2, -0.15) is 8.78 Å². The number of hydrogen-bond acceptors (Lipinski definition) is 0. The quantitative estimate of drug-likeness (QED) is 0.449. The molecule has 8 heteroatoms. The average Bonchev–Trinajstić information content (AvgIpc) is 2.96. The maximum absolute atomic E-state index is 14.3. The van der Waals surface area contributed by atoms with Gasteiger partial charge in [-0.15, -0.1) is 0 Å². The number of halogens is 6. The smallest absolute Gasteiger partial charge is 0.200 e. The lowest BCUT2D eigenvalue weighted by Gasteiger charge is -2.01. The molecule has 0 fully saturated rings. The molecule has 0 spiro atoms. The number of benzene rings is 2. The van der Waals surface area contributed by atoms with Crippen LogP contribution < -0.4 is 0 Å². The van der Waals surface area contributed by atoms with E-state index in [4.69, 9.17) is 0 Å². The topological polar surface area (TPSA) is 31.6 Å². The van der Waals surface area contributed by atoms with E-state index in [9.17, 15) is 26.3 Å². The Labute approximate surface area is 129 Å². The van der Waals surface area contributed by atoms with Crippen molar-refractivity contribution in [2.24, 2.45) is 0 Å². The number of aromatic amines is 2. The summed E-state index contributed by atoms with van der Waals surface area (Å²) in [5.74, 6) is -7.02. The van der Waals surface area contributed by atoms with E-state index in [0.29, 0.717) is 12.1 Å². The summed E-state index contributed by atoms with van der Waals surface area (Å²) in [7, 11) is 0. The molecule has 0 aliphatic heterocycles. The van der Waals surface area contributed by atoms with Gasteiger partial charge in [0.15, 0.2) is 35.2 Å². The molecule has 0 saturated heterocycles. The minimum absolute atomic E-state index is 0.0993. The van der Waals surface area contributed by atoms with Crippen LogP contribution in [0.2, 0.25) is 0 Å². The van der Waals surface area contributed by atoms with E-state index in [-0.39, 0.29) is 21.8 Å². The molecule has 0 saturated carbocycles. The fraction of sp³-hybridized carbons (Fsp3) is 0. The predicted octanol–water partition coefficient (Wildman–Crippen LogP) is 5.15. The van der Waals surface area contributed by atoms with Crippen molar-refractivity contribution < 1.29 is 26.3 Å². The van der Waals surface area contributed by atoms with Crippen LogP contribution in [0.3, 0.4) is 0 Å². The summed E-state index contributed by atoms with van der Waals surface area (Å²) in [5.41, 5.74) is -1.01. The summed E-state index contributed by atoms with van der Waals surface area (Å²) in [6.45, 7) is 0. The van der Waals surface area contributed by atoms with Crippen molar-refractivity contribution in [1.82, 2.24) is 9.97 Å². The average molecular weight is 340 g/mol. The monoisotopic (exact) mass is 340 g/mol. The van der Waals surface area contributed by atoms with Crippen LogP contribution in [0.15, 0.2) is 24.3 Å².